The van der Waals surface area contributed by atoms with Crippen molar-refractivity contribution >= 4 is 28.0 Å². The maximum Gasteiger partial charge on any atom is 0.200 e. The minimum absolute atomic E-state index is 1.16. The van der Waals surface area contributed by atoms with Crippen molar-refractivity contribution in [3.8, 4) is 0 Å². The molecule has 0 saturated carbocycles. The number of nitrogens with one attached hydrogen (secondary N) is 1. The molecule has 5 aromatic carbocycles. The molecule has 0 saturated heterocycles. The lowest BCUT2D eigenvalue weighted by Crippen LogP contribution is -3.10. The van der Waals surface area contributed by atoms with Crippen LogP contribution in [-0.4, -0.2) is 19.2 Å². The van der Waals surface area contributed by atoms with Gasteiger partial charge in [0.25, 0.3) is 0 Å². The van der Waals surface area contributed by atoms with Crippen molar-refractivity contribution in [2.45, 2.75) is 27.3 Å². The minimum Gasteiger partial charge on any atom is -0.332 e. The van der Waals surface area contributed by atoms with Crippen LogP contribution in [-0.2, 0) is 6.54 Å². The number of hydrogen-bond donors (Lipinski definition) is 1. The molecule has 58 heavy (non-hydrogen) atoms. The van der Waals surface area contributed by atoms with E-state index >= 15 is 35.1 Å². The predicted octanol–water partition coefficient (Wildman–Crippen LogP) is 7.27. The molecule has 22 heteroatoms. The van der Waals surface area contributed by atoms with E-state index in [0.717, 1.165) is 6.54 Å². The quantitative estimate of drug-likeness (QED) is 0.0726. The zero-order valence-electron chi connectivity index (χ0n) is 29.1. The van der Waals surface area contributed by atoms with Gasteiger partial charge in [-0.2, -0.15) is 0 Å². The highest BCUT2D eigenvalue weighted by Gasteiger charge is 2.52. The van der Waals surface area contributed by atoms with Crippen LogP contribution >= 0.6 is 0 Å². The van der Waals surface area contributed by atoms with Crippen LogP contribution in [0, 0.1) is 123 Å². The van der Waals surface area contributed by atoms with Gasteiger partial charge in [-0.3, -0.25) is 0 Å². The van der Waals surface area contributed by atoms with Crippen molar-refractivity contribution in [3.63, 3.8) is 0 Å². The summed E-state index contributed by atoms with van der Waals surface area (Å²) in [6.07, 6.45) is -7.22. The number of hydrogen-bond acceptors (Lipinski definition) is 0. The Bertz CT molecular complexity index is 2050. The molecule has 312 valence electrons. The van der Waals surface area contributed by atoms with E-state index in [0.29, 0.717) is 0 Å². The summed E-state index contributed by atoms with van der Waals surface area (Å²) in [6, 6.07) is 8.80. The molecule has 0 amide bonds. The predicted molar refractivity (Wildman–Crippen MR) is 166 cm³/mol. The molecular formula is C36H20BF20N. The van der Waals surface area contributed by atoms with Gasteiger partial charge in [0.1, 0.15) is 59.2 Å². The average molecular weight is 857 g/mol. The molecular weight excluding hydrogens is 837 g/mol. The third kappa shape index (κ3) is 7.12. The molecule has 0 heterocycles. The summed E-state index contributed by atoms with van der Waals surface area (Å²) >= 11 is 0. The first-order valence-electron chi connectivity index (χ1n) is 16.1. The van der Waals surface area contributed by atoms with Gasteiger partial charge in [0, 0.05) is 5.56 Å². The van der Waals surface area contributed by atoms with Crippen LogP contribution < -0.4 is 26.8 Å². The highest BCUT2D eigenvalue weighted by molar-refractivity contribution is 7.20. The summed E-state index contributed by atoms with van der Waals surface area (Å²) in [7, 11) is 0. The molecule has 1 N–H and O–H groups in total. The molecule has 0 aliphatic rings. The standard InChI is InChI=1S/C24BF20.C12H19N/c26-5-1(6(27)14(35)21(42)13(5)34)25(2-7(28)15(36)22(43)16(37)8(2)29,3-9(30)17(38)23(44)18(39)10(3)31)4-11(32)19(40)24(45)20(41)12(4)33;1-4-13(5-2)10-12-8-6-7-11(3)9-12/h;6-9H,4-5,10H2,1-3H3/q-1;/p+1. The van der Waals surface area contributed by atoms with Crippen LogP contribution in [0.5, 0.6) is 0 Å². The largest absolute Gasteiger partial charge is 0.332 e. The Morgan fingerprint density at radius 2 is 0.586 bits per heavy atom. The van der Waals surface area contributed by atoms with E-state index < -0.39 is 144 Å². The lowest BCUT2D eigenvalue weighted by Gasteiger charge is -2.44. The Morgan fingerprint density at radius 3 is 0.793 bits per heavy atom. The van der Waals surface area contributed by atoms with Crippen LogP contribution in [0.3, 0.4) is 0 Å². The van der Waals surface area contributed by atoms with Gasteiger partial charge in [-0.05, 0) is 20.8 Å². The summed E-state index contributed by atoms with van der Waals surface area (Å²) < 4.78 is 294. The zero-order valence-corrected chi connectivity index (χ0v) is 29.1. The number of benzene rings is 5. The van der Waals surface area contributed by atoms with Crippen LogP contribution in [0.15, 0.2) is 24.3 Å². The van der Waals surface area contributed by atoms with E-state index in [1.165, 1.54) is 24.2 Å². The van der Waals surface area contributed by atoms with E-state index in [1.54, 1.807) is 4.90 Å². The molecule has 0 spiro atoms. The van der Waals surface area contributed by atoms with Gasteiger partial charge in [-0.1, -0.05) is 29.8 Å². The Labute approximate surface area is 313 Å². The topological polar surface area (TPSA) is 4.44 Å². The number of aryl methyl sites for hydroxylation is 1. The minimum atomic E-state index is -7.22. The molecule has 5 rings (SSSR count). The highest BCUT2D eigenvalue weighted by Crippen LogP contribution is 2.30. The number of halogens is 20. The fourth-order valence-corrected chi connectivity index (χ4v) is 6.49. The fourth-order valence-electron chi connectivity index (χ4n) is 6.49. The maximum absolute atomic E-state index is 15.4. The van der Waals surface area contributed by atoms with Gasteiger partial charge in [0.15, 0.2) is 69.8 Å². The van der Waals surface area contributed by atoms with Crippen molar-refractivity contribution in [1.29, 1.82) is 0 Å². The van der Waals surface area contributed by atoms with Gasteiger partial charge in [0.2, 0.25) is 0 Å². The third-order valence-electron chi connectivity index (χ3n) is 9.24. The fraction of sp³-hybridized carbons (Fsp3) is 0.167. The lowest BCUT2D eigenvalue weighted by molar-refractivity contribution is -0.910. The highest BCUT2D eigenvalue weighted by atomic mass is 19.2. The van der Waals surface area contributed by atoms with Crippen molar-refractivity contribution in [3.05, 3.63) is 152 Å². The van der Waals surface area contributed by atoms with E-state index in [1.807, 2.05) is 0 Å². The normalized spacial score (nSPS) is 11.7. The first kappa shape index (κ1) is 45.4. The summed E-state index contributed by atoms with van der Waals surface area (Å²) in [5, 5.41) is 0. The molecule has 0 aromatic heterocycles. The molecule has 0 aliphatic heterocycles. The van der Waals surface area contributed by atoms with Crippen LogP contribution in [0.25, 0.3) is 0 Å². The van der Waals surface area contributed by atoms with Gasteiger partial charge in [0.05, 0.1) is 13.1 Å². The molecule has 0 fully saturated rings. The number of rotatable bonds is 8. The van der Waals surface area contributed by atoms with Crippen molar-refractivity contribution in [2.24, 2.45) is 0 Å². The van der Waals surface area contributed by atoms with E-state index in [-0.39, 0.29) is 0 Å². The molecule has 0 unspecified atom stereocenters. The second-order valence-electron chi connectivity index (χ2n) is 12.4. The monoisotopic (exact) mass is 857 g/mol. The Kier molecular flexibility index (Phi) is 13.2. The molecule has 1 nitrogen and oxygen atoms in total. The lowest BCUT2D eigenvalue weighted by atomic mass is 9.12. The Balaban J connectivity index is 0.000000486. The second-order valence-corrected chi connectivity index (χ2v) is 12.4. The van der Waals surface area contributed by atoms with Gasteiger partial charge in [-0.15, -0.1) is 21.9 Å². The first-order chi connectivity index (χ1) is 27.0. The number of quaternary nitrogens is 1. The molecule has 5 aromatic rings. The molecule has 0 radical (unpaired) electrons. The second kappa shape index (κ2) is 16.9. The summed E-state index contributed by atoms with van der Waals surface area (Å²) in [5.74, 6) is -71.4. The van der Waals surface area contributed by atoms with Crippen LogP contribution in [0.2, 0.25) is 0 Å². The van der Waals surface area contributed by atoms with Gasteiger partial charge < -0.3 is 4.90 Å². The first-order valence-corrected chi connectivity index (χ1v) is 16.1. The summed E-state index contributed by atoms with van der Waals surface area (Å²) in [4.78, 5) is 1.64. The van der Waals surface area contributed by atoms with Crippen LogP contribution in [0.4, 0.5) is 87.8 Å². The average Bonchev–Trinajstić information content (AvgIpc) is 3.20. The zero-order chi connectivity index (χ0) is 44.0. The van der Waals surface area contributed by atoms with Crippen molar-refractivity contribution < 1.29 is 92.7 Å². The van der Waals surface area contributed by atoms with E-state index in [2.05, 4.69) is 45.0 Å². The third-order valence-corrected chi connectivity index (χ3v) is 9.24. The molecule has 0 atom stereocenters. The molecule has 0 aliphatic carbocycles. The summed E-state index contributed by atoms with van der Waals surface area (Å²) in [6.45, 7) is 10.2. The van der Waals surface area contributed by atoms with Crippen LogP contribution in [0.1, 0.15) is 25.0 Å². The van der Waals surface area contributed by atoms with E-state index in [4.69, 9.17) is 0 Å². The van der Waals surface area contributed by atoms with Crippen molar-refractivity contribution in [1.82, 2.24) is 0 Å². The van der Waals surface area contributed by atoms with Gasteiger partial charge >= 0.3 is 0 Å². The Hall–Kier alpha value is -5.28. The summed E-state index contributed by atoms with van der Waals surface area (Å²) in [5.41, 5.74) is -11.5. The smallest absolute Gasteiger partial charge is 0.200 e. The van der Waals surface area contributed by atoms with E-state index in [9.17, 15) is 52.7 Å². The van der Waals surface area contributed by atoms with Crippen molar-refractivity contribution in [2.75, 3.05) is 13.1 Å². The maximum atomic E-state index is 15.4. The SMILES string of the molecule is CC[NH+](CC)Cc1cccc(C)c1.Fc1c(F)c(F)c([B-](c2c(F)c(F)c(F)c(F)c2F)(c2c(F)c(F)c(F)c(F)c2F)c2c(F)c(F)c(F)c(F)c2F)c(F)c1F. The van der Waals surface area contributed by atoms with Gasteiger partial charge in [-0.25, -0.2) is 87.8 Å². The molecule has 0 bridgehead atoms. The Morgan fingerprint density at radius 1 is 0.362 bits per heavy atom.